The second-order valence-electron chi connectivity index (χ2n) is 5.21. The Morgan fingerprint density at radius 1 is 1.33 bits per heavy atom. The minimum atomic E-state index is 0. The summed E-state index contributed by atoms with van der Waals surface area (Å²) in [5.41, 5.74) is 2.27. The predicted octanol–water partition coefficient (Wildman–Crippen LogP) is 2.22. The Bertz CT molecular complexity index is 420. The smallest absolute Gasteiger partial charge is 0.0855 e. The fourth-order valence-corrected chi connectivity index (χ4v) is 2.98. The third-order valence-electron chi connectivity index (χ3n) is 3.88. The fourth-order valence-electron chi connectivity index (χ4n) is 2.98. The summed E-state index contributed by atoms with van der Waals surface area (Å²) in [4.78, 5) is 7.15. The van der Waals surface area contributed by atoms with Crippen molar-refractivity contribution in [2.45, 2.75) is 32.0 Å². The normalized spacial score (nSPS) is 24.8. The van der Waals surface area contributed by atoms with Crippen molar-refractivity contribution < 1.29 is 4.74 Å². The lowest BCUT2D eigenvalue weighted by Crippen LogP contribution is -2.58. The van der Waals surface area contributed by atoms with Gasteiger partial charge in [-0.1, -0.05) is 6.07 Å². The monoisotopic (exact) mass is 355 g/mol. The summed E-state index contributed by atoms with van der Waals surface area (Å²) in [5, 5.41) is 3.41. The number of pyridine rings is 1. The topological polar surface area (TPSA) is 37.4 Å². The maximum atomic E-state index is 5.85. The molecular formula is C14H24Cl3N3O. The van der Waals surface area contributed by atoms with Crippen LogP contribution in [0.15, 0.2) is 18.2 Å². The Labute approximate surface area is 145 Å². The van der Waals surface area contributed by atoms with Crippen molar-refractivity contribution in [2.75, 3.05) is 26.2 Å². The SMILES string of the molecule is Cc1cccc(CN2CCO[C@@H]3CNCC[C@H]32)n1.Cl.Cl.Cl. The van der Waals surface area contributed by atoms with Crippen molar-refractivity contribution in [1.82, 2.24) is 15.2 Å². The summed E-state index contributed by atoms with van der Waals surface area (Å²) in [5.74, 6) is 0. The predicted molar refractivity (Wildman–Crippen MR) is 92.1 cm³/mol. The van der Waals surface area contributed by atoms with Gasteiger partial charge in [0.25, 0.3) is 0 Å². The van der Waals surface area contributed by atoms with E-state index in [1.165, 1.54) is 12.1 Å². The Morgan fingerprint density at radius 2 is 2.14 bits per heavy atom. The molecular weight excluding hydrogens is 333 g/mol. The maximum Gasteiger partial charge on any atom is 0.0855 e. The lowest BCUT2D eigenvalue weighted by molar-refractivity contribution is -0.0846. The molecule has 21 heavy (non-hydrogen) atoms. The van der Waals surface area contributed by atoms with Crippen LogP contribution in [0.4, 0.5) is 0 Å². The number of hydrogen-bond donors (Lipinski definition) is 1. The molecule has 2 atom stereocenters. The minimum Gasteiger partial charge on any atom is -0.374 e. The molecule has 3 heterocycles. The molecule has 7 heteroatoms. The quantitative estimate of drug-likeness (QED) is 0.881. The molecule has 0 radical (unpaired) electrons. The summed E-state index contributed by atoms with van der Waals surface area (Å²) in [6, 6.07) is 6.83. The van der Waals surface area contributed by atoms with E-state index < -0.39 is 0 Å². The molecule has 1 aromatic rings. The molecule has 1 N–H and O–H groups in total. The first-order valence-electron chi connectivity index (χ1n) is 6.82. The van der Waals surface area contributed by atoms with Gasteiger partial charge in [-0.05, 0) is 32.0 Å². The van der Waals surface area contributed by atoms with Gasteiger partial charge in [0.1, 0.15) is 0 Å². The van der Waals surface area contributed by atoms with Crippen molar-refractivity contribution >= 4 is 37.2 Å². The first-order valence-corrected chi connectivity index (χ1v) is 6.82. The number of nitrogens with one attached hydrogen (secondary N) is 1. The zero-order valence-electron chi connectivity index (χ0n) is 12.2. The van der Waals surface area contributed by atoms with Crippen LogP contribution in [0.5, 0.6) is 0 Å². The number of hydrogen-bond acceptors (Lipinski definition) is 4. The van der Waals surface area contributed by atoms with E-state index in [1.807, 2.05) is 0 Å². The third kappa shape index (κ3) is 5.23. The number of morpholine rings is 1. The highest BCUT2D eigenvalue weighted by Crippen LogP contribution is 2.21. The number of rotatable bonds is 2. The minimum absolute atomic E-state index is 0. The molecule has 2 aliphatic rings. The van der Waals surface area contributed by atoms with Crippen LogP contribution in [0.2, 0.25) is 0 Å². The van der Waals surface area contributed by atoms with Gasteiger partial charge >= 0.3 is 0 Å². The largest absolute Gasteiger partial charge is 0.374 e. The van der Waals surface area contributed by atoms with E-state index in [9.17, 15) is 0 Å². The number of aromatic nitrogens is 1. The average Bonchev–Trinajstić information content (AvgIpc) is 2.39. The van der Waals surface area contributed by atoms with Crippen LogP contribution in [0.3, 0.4) is 0 Å². The van der Waals surface area contributed by atoms with Crippen molar-refractivity contribution in [3.8, 4) is 0 Å². The average molecular weight is 357 g/mol. The molecule has 0 spiro atoms. The van der Waals surface area contributed by atoms with E-state index in [4.69, 9.17) is 4.74 Å². The summed E-state index contributed by atoms with van der Waals surface area (Å²) in [6.07, 6.45) is 1.54. The van der Waals surface area contributed by atoms with E-state index >= 15 is 0 Å². The Kier molecular flexibility index (Phi) is 9.78. The van der Waals surface area contributed by atoms with Gasteiger partial charge < -0.3 is 10.1 Å². The second kappa shape index (κ2) is 9.82. The molecule has 0 unspecified atom stereocenters. The van der Waals surface area contributed by atoms with Crippen molar-refractivity contribution in [2.24, 2.45) is 0 Å². The van der Waals surface area contributed by atoms with Crippen molar-refractivity contribution in [3.05, 3.63) is 29.6 Å². The van der Waals surface area contributed by atoms with E-state index in [1.54, 1.807) is 0 Å². The van der Waals surface area contributed by atoms with Crippen molar-refractivity contribution in [3.63, 3.8) is 0 Å². The van der Waals surface area contributed by atoms with Gasteiger partial charge in [0.05, 0.1) is 18.4 Å². The molecule has 3 rings (SSSR count). The number of aryl methyl sites for hydroxylation is 1. The van der Waals surface area contributed by atoms with Crippen LogP contribution in [0.25, 0.3) is 0 Å². The highest BCUT2D eigenvalue weighted by atomic mass is 35.5. The van der Waals surface area contributed by atoms with E-state index in [-0.39, 0.29) is 37.2 Å². The van der Waals surface area contributed by atoms with E-state index in [2.05, 4.69) is 40.3 Å². The molecule has 2 aliphatic heterocycles. The zero-order chi connectivity index (χ0) is 12.4. The molecule has 122 valence electrons. The van der Waals surface area contributed by atoms with Gasteiger partial charge in [-0.2, -0.15) is 0 Å². The number of ether oxygens (including phenoxy) is 1. The standard InChI is InChI=1S/C14H21N3O.3ClH/c1-11-3-2-4-12(16-11)10-17-7-8-18-14-9-15-6-5-13(14)17;;;/h2-4,13-15H,5-10H2,1H3;3*1H/t13-,14-;;;/m1.../s1. The lowest BCUT2D eigenvalue weighted by atomic mass is 9.99. The molecule has 0 bridgehead atoms. The van der Waals surface area contributed by atoms with Crippen molar-refractivity contribution in [1.29, 1.82) is 0 Å². The molecule has 4 nitrogen and oxygen atoms in total. The Balaban J connectivity index is 0.00000133. The fraction of sp³-hybridized carbons (Fsp3) is 0.643. The van der Waals surface area contributed by atoms with Gasteiger partial charge in [0.15, 0.2) is 0 Å². The Morgan fingerprint density at radius 3 is 2.90 bits per heavy atom. The third-order valence-corrected chi connectivity index (χ3v) is 3.88. The van der Waals surface area contributed by atoms with E-state index in [0.29, 0.717) is 12.1 Å². The number of halogens is 3. The molecule has 2 fully saturated rings. The molecule has 0 aromatic carbocycles. The van der Waals surface area contributed by atoms with Crippen LogP contribution in [0.1, 0.15) is 17.8 Å². The van der Waals surface area contributed by atoms with Gasteiger partial charge in [-0.25, -0.2) is 0 Å². The van der Waals surface area contributed by atoms with E-state index in [0.717, 1.165) is 38.5 Å². The van der Waals surface area contributed by atoms with Crippen LogP contribution < -0.4 is 5.32 Å². The van der Waals surface area contributed by atoms with Crippen LogP contribution in [-0.4, -0.2) is 48.3 Å². The highest BCUT2D eigenvalue weighted by molar-refractivity contribution is 5.86. The van der Waals surface area contributed by atoms with Gasteiger partial charge in [0.2, 0.25) is 0 Å². The molecule has 0 aliphatic carbocycles. The summed E-state index contributed by atoms with van der Waals surface area (Å²) < 4.78 is 5.85. The van der Waals surface area contributed by atoms with Gasteiger partial charge in [-0.15, -0.1) is 37.2 Å². The molecule has 0 amide bonds. The first-order chi connectivity index (χ1) is 8.83. The number of nitrogens with zero attached hydrogens (tertiary/aromatic N) is 2. The van der Waals surface area contributed by atoms with Crippen LogP contribution >= 0.6 is 37.2 Å². The maximum absolute atomic E-state index is 5.85. The number of piperidine rings is 1. The summed E-state index contributed by atoms with van der Waals surface area (Å²) >= 11 is 0. The molecule has 1 aromatic heterocycles. The number of fused-ring (bicyclic) bond motifs is 1. The second-order valence-corrected chi connectivity index (χ2v) is 5.21. The van der Waals surface area contributed by atoms with Gasteiger partial charge in [-0.3, -0.25) is 9.88 Å². The zero-order valence-corrected chi connectivity index (χ0v) is 14.6. The summed E-state index contributed by atoms with van der Waals surface area (Å²) in [6.45, 7) is 6.96. The van der Waals surface area contributed by atoms with Gasteiger partial charge in [0, 0.05) is 31.4 Å². The Hall–Kier alpha value is -0.100. The van der Waals surface area contributed by atoms with Crippen LogP contribution in [-0.2, 0) is 11.3 Å². The molecule has 0 saturated carbocycles. The first kappa shape index (κ1) is 20.9. The highest BCUT2D eigenvalue weighted by Gasteiger charge is 2.34. The molecule has 2 saturated heterocycles. The summed E-state index contributed by atoms with van der Waals surface area (Å²) in [7, 11) is 0. The van der Waals surface area contributed by atoms with Crippen LogP contribution in [0, 0.1) is 6.92 Å². The lowest BCUT2D eigenvalue weighted by Gasteiger charge is -2.43.